The van der Waals surface area contributed by atoms with Crippen LogP contribution in [0.2, 0.25) is 0 Å². The van der Waals surface area contributed by atoms with Crippen molar-refractivity contribution in [2.24, 2.45) is 0 Å². The Morgan fingerprint density at radius 3 is 2.79 bits per heavy atom. The third kappa shape index (κ3) is 5.87. The average Bonchev–Trinajstić information content (AvgIpc) is 3.74. The van der Waals surface area contributed by atoms with Crippen LogP contribution in [0.1, 0.15) is 58.6 Å². The molecule has 0 radical (unpaired) electrons. The summed E-state index contributed by atoms with van der Waals surface area (Å²) >= 11 is 0. The Hall–Kier alpha value is -3.62. The Morgan fingerprint density at radius 1 is 1.15 bits per heavy atom. The van der Waals surface area contributed by atoms with Gasteiger partial charge in [-0.05, 0) is 79.6 Å². The Balaban J connectivity index is 1.19. The highest BCUT2D eigenvalue weighted by Gasteiger charge is 2.25. The van der Waals surface area contributed by atoms with Crippen LogP contribution < -0.4 is 4.74 Å². The lowest BCUT2D eigenvalue weighted by Gasteiger charge is -2.26. The van der Waals surface area contributed by atoms with Crippen LogP contribution in [0.25, 0.3) is 22.3 Å². The Labute approximate surface area is 228 Å². The van der Waals surface area contributed by atoms with E-state index in [-0.39, 0.29) is 12.2 Å². The number of pyridine rings is 2. The standard InChI is InChI=1S/C31H35N5O3/c1-3-28-26-6-7-29(33-31(26)35-34-28)27-14-21(19-32-20(27)2)15-30(37)24-16-23(22-4-5-22)17-25(18-24)39-13-10-36-8-11-38-12-9-36/h6-7,14,16-19,22H,3-5,8-13,15H2,1-2H3,(H,33,34,35). The van der Waals surface area contributed by atoms with Gasteiger partial charge >= 0.3 is 0 Å². The average molecular weight is 526 g/mol. The predicted octanol–water partition coefficient (Wildman–Crippen LogP) is 4.90. The molecule has 1 saturated heterocycles. The van der Waals surface area contributed by atoms with Gasteiger partial charge in [-0.15, -0.1) is 0 Å². The number of aromatic nitrogens is 4. The quantitative estimate of drug-likeness (QED) is 0.294. The van der Waals surface area contributed by atoms with Gasteiger partial charge in [-0.3, -0.25) is 19.8 Å². The molecule has 39 heavy (non-hydrogen) atoms. The summed E-state index contributed by atoms with van der Waals surface area (Å²) in [6.45, 7) is 8.94. The van der Waals surface area contributed by atoms with Crippen LogP contribution in [0, 0.1) is 6.92 Å². The highest BCUT2D eigenvalue weighted by molar-refractivity contribution is 5.98. The zero-order chi connectivity index (χ0) is 26.8. The molecule has 1 N–H and O–H groups in total. The molecule has 4 heterocycles. The highest BCUT2D eigenvalue weighted by atomic mass is 16.5. The number of carbonyl (C=O) groups excluding carboxylic acids is 1. The smallest absolute Gasteiger partial charge is 0.181 e. The first-order chi connectivity index (χ1) is 19.1. The minimum absolute atomic E-state index is 0.0652. The van der Waals surface area contributed by atoms with Crippen molar-refractivity contribution in [3.8, 4) is 17.0 Å². The van der Waals surface area contributed by atoms with E-state index in [1.54, 1.807) is 6.20 Å². The van der Waals surface area contributed by atoms with Crippen molar-refractivity contribution in [2.75, 3.05) is 39.5 Å². The molecule has 0 amide bonds. The fourth-order valence-electron chi connectivity index (χ4n) is 5.23. The van der Waals surface area contributed by atoms with Crippen molar-refractivity contribution in [3.05, 3.63) is 70.7 Å². The second-order valence-corrected chi connectivity index (χ2v) is 10.6. The van der Waals surface area contributed by atoms with Gasteiger partial charge in [0.15, 0.2) is 11.4 Å². The predicted molar refractivity (Wildman–Crippen MR) is 150 cm³/mol. The summed E-state index contributed by atoms with van der Waals surface area (Å²) < 4.78 is 11.6. The largest absolute Gasteiger partial charge is 0.492 e. The number of hydrogen-bond acceptors (Lipinski definition) is 7. The number of carbonyl (C=O) groups is 1. The Kier molecular flexibility index (Phi) is 7.39. The summed E-state index contributed by atoms with van der Waals surface area (Å²) in [6.07, 6.45) is 5.28. The van der Waals surface area contributed by atoms with E-state index in [0.717, 1.165) is 78.6 Å². The second-order valence-electron chi connectivity index (χ2n) is 10.6. The molecule has 1 aliphatic carbocycles. The van der Waals surface area contributed by atoms with E-state index < -0.39 is 0 Å². The van der Waals surface area contributed by atoms with E-state index in [0.29, 0.717) is 23.7 Å². The summed E-state index contributed by atoms with van der Waals surface area (Å²) in [5.41, 5.74) is 7.14. The monoisotopic (exact) mass is 525 g/mol. The normalized spacial score (nSPS) is 16.1. The van der Waals surface area contributed by atoms with Crippen molar-refractivity contribution in [2.45, 2.75) is 45.4 Å². The van der Waals surface area contributed by atoms with E-state index in [9.17, 15) is 4.79 Å². The molecule has 1 aromatic carbocycles. The number of nitrogens with one attached hydrogen (secondary N) is 1. The Bertz CT molecular complexity index is 1490. The molecule has 0 atom stereocenters. The molecule has 1 saturated carbocycles. The Morgan fingerprint density at radius 2 is 2.00 bits per heavy atom. The molecule has 4 aromatic rings. The molecule has 8 heteroatoms. The third-order valence-corrected chi connectivity index (χ3v) is 7.71. The SMILES string of the molecule is CCc1[nH]nc2nc(-c3cc(CC(=O)c4cc(OCCN5CCOCC5)cc(C5CC5)c4)cnc3C)ccc12. The number of aromatic amines is 1. The number of rotatable bonds is 10. The molecule has 202 valence electrons. The summed E-state index contributed by atoms with van der Waals surface area (Å²) in [5.74, 6) is 1.38. The van der Waals surface area contributed by atoms with Gasteiger partial charge in [0.25, 0.3) is 0 Å². The van der Waals surface area contributed by atoms with Gasteiger partial charge in [-0.2, -0.15) is 5.10 Å². The number of Topliss-reactive ketones (excluding diaryl/α,β-unsaturated/α-hetero) is 1. The molecule has 1 aliphatic heterocycles. The molecular formula is C31H35N5O3. The van der Waals surface area contributed by atoms with Crippen LogP contribution in [-0.2, 0) is 17.6 Å². The van der Waals surface area contributed by atoms with Crippen molar-refractivity contribution in [1.29, 1.82) is 0 Å². The fraction of sp³-hybridized carbons (Fsp3) is 0.419. The van der Waals surface area contributed by atoms with E-state index in [2.05, 4.69) is 45.2 Å². The van der Waals surface area contributed by atoms with Crippen molar-refractivity contribution in [1.82, 2.24) is 25.1 Å². The van der Waals surface area contributed by atoms with E-state index in [1.165, 1.54) is 18.4 Å². The van der Waals surface area contributed by atoms with Crippen LogP contribution >= 0.6 is 0 Å². The van der Waals surface area contributed by atoms with Gasteiger partial charge < -0.3 is 9.47 Å². The van der Waals surface area contributed by atoms with Crippen LogP contribution in [-0.4, -0.2) is 70.3 Å². The minimum Gasteiger partial charge on any atom is -0.492 e. The summed E-state index contributed by atoms with van der Waals surface area (Å²) in [5, 5.41) is 8.48. The molecule has 8 nitrogen and oxygen atoms in total. The maximum absolute atomic E-state index is 13.5. The number of aryl methyl sites for hydroxylation is 2. The maximum Gasteiger partial charge on any atom is 0.181 e. The zero-order valence-corrected chi connectivity index (χ0v) is 22.7. The van der Waals surface area contributed by atoms with Crippen LogP contribution in [0.3, 0.4) is 0 Å². The molecular weight excluding hydrogens is 490 g/mol. The number of morpholine rings is 1. The molecule has 2 fully saturated rings. The summed E-state index contributed by atoms with van der Waals surface area (Å²) in [7, 11) is 0. The number of hydrogen-bond donors (Lipinski definition) is 1. The van der Waals surface area contributed by atoms with Gasteiger partial charge in [0.05, 0.1) is 18.9 Å². The van der Waals surface area contributed by atoms with Gasteiger partial charge in [0.1, 0.15) is 12.4 Å². The second kappa shape index (κ2) is 11.2. The van der Waals surface area contributed by atoms with Crippen molar-refractivity contribution >= 4 is 16.8 Å². The molecule has 2 aliphatic rings. The minimum atomic E-state index is 0.0652. The number of benzene rings is 1. The summed E-state index contributed by atoms with van der Waals surface area (Å²) in [6, 6.07) is 12.2. The van der Waals surface area contributed by atoms with Gasteiger partial charge in [0.2, 0.25) is 0 Å². The van der Waals surface area contributed by atoms with E-state index >= 15 is 0 Å². The molecule has 0 spiro atoms. The highest BCUT2D eigenvalue weighted by Crippen LogP contribution is 2.41. The first-order valence-electron chi connectivity index (χ1n) is 14.0. The zero-order valence-electron chi connectivity index (χ0n) is 22.7. The number of ether oxygens (including phenoxy) is 2. The third-order valence-electron chi connectivity index (χ3n) is 7.71. The first kappa shape index (κ1) is 25.6. The molecule has 6 rings (SSSR count). The van der Waals surface area contributed by atoms with Crippen LogP contribution in [0.4, 0.5) is 0 Å². The molecule has 3 aromatic heterocycles. The lowest BCUT2D eigenvalue weighted by atomic mass is 9.98. The lowest BCUT2D eigenvalue weighted by Crippen LogP contribution is -2.38. The van der Waals surface area contributed by atoms with Crippen molar-refractivity contribution < 1.29 is 14.3 Å². The van der Waals surface area contributed by atoms with E-state index in [1.807, 2.05) is 25.1 Å². The van der Waals surface area contributed by atoms with Gasteiger partial charge in [0, 0.05) is 60.2 Å². The van der Waals surface area contributed by atoms with E-state index in [4.69, 9.17) is 14.5 Å². The number of nitrogens with zero attached hydrogens (tertiary/aromatic N) is 4. The van der Waals surface area contributed by atoms with Crippen LogP contribution in [0.15, 0.2) is 42.6 Å². The molecule has 0 bridgehead atoms. The van der Waals surface area contributed by atoms with Crippen LogP contribution in [0.5, 0.6) is 5.75 Å². The number of H-pyrrole nitrogens is 1. The maximum atomic E-state index is 13.5. The van der Waals surface area contributed by atoms with Crippen molar-refractivity contribution in [3.63, 3.8) is 0 Å². The fourth-order valence-corrected chi connectivity index (χ4v) is 5.23. The first-order valence-corrected chi connectivity index (χ1v) is 14.0. The molecule has 0 unspecified atom stereocenters. The summed E-state index contributed by atoms with van der Waals surface area (Å²) in [4.78, 5) is 25.2. The van der Waals surface area contributed by atoms with Gasteiger partial charge in [-0.1, -0.05) is 6.92 Å². The lowest BCUT2D eigenvalue weighted by molar-refractivity contribution is 0.0322. The number of ketones is 1. The van der Waals surface area contributed by atoms with Gasteiger partial charge in [-0.25, -0.2) is 4.98 Å². The topological polar surface area (TPSA) is 93.2 Å². The number of fused-ring (bicyclic) bond motifs is 1.